The second kappa shape index (κ2) is 4.77. The summed E-state index contributed by atoms with van der Waals surface area (Å²) in [4.78, 5) is 2.13. The van der Waals surface area contributed by atoms with E-state index in [1.165, 1.54) is 0 Å². The summed E-state index contributed by atoms with van der Waals surface area (Å²) in [5, 5.41) is 8.86. The molecule has 0 aromatic carbocycles. The fraction of sp³-hybridized carbons (Fsp3) is 1.00. The first kappa shape index (κ1) is 8.92. The fourth-order valence-electron chi connectivity index (χ4n) is 0.912. The number of aliphatic hydroxyl groups excluding tert-OH is 1. The highest BCUT2D eigenvalue weighted by molar-refractivity contribution is 4.70. The van der Waals surface area contributed by atoms with Gasteiger partial charge in [-0.2, -0.15) is 0 Å². The molecule has 1 unspecified atom stereocenters. The van der Waals surface area contributed by atoms with E-state index in [0.29, 0.717) is 0 Å². The molecule has 1 fully saturated rings. The Kier molecular flexibility index (Phi) is 4.72. The molecule has 2 heteroatoms. The minimum atomic E-state index is -0.0509. The standard InChI is InChI=1S/C5H11NO.C2H6/c1-6-3-2-5(7)4-6;1-2/h5,7H,2-4H2,1H3;1-2H3. The van der Waals surface area contributed by atoms with Crippen molar-refractivity contribution in [3.05, 3.63) is 0 Å². The summed E-state index contributed by atoms with van der Waals surface area (Å²) in [6, 6.07) is 0. The molecule has 0 bridgehead atoms. The minimum absolute atomic E-state index is 0.0509. The minimum Gasteiger partial charge on any atom is -0.392 e. The number of rotatable bonds is 0. The van der Waals surface area contributed by atoms with Gasteiger partial charge in [-0.05, 0) is 13.5 Å². The van der Waals surface area contributed by atoms with E-state index in [2.05, 4.69) is 4.90 Å². The third-order valence-corrected chi connectivity index (χ3v) is 1.37. The molecule has 0 radical (unpaired) electrons. The first-order valence-electron chi connectivity index (χ1n) is 3.65. The Hall–Kier alpha value is -0.0800. The van der Waals surface area contributed by atoms with Crippen LogP contribution < -0.4 is 0 Å². The van der Waals surface area contributed by atoms with Crippen LogP contribution in [0.25, 0.3) is 0 Å². The lowest BCUT2D eigenvalue weighted by atomic mass is 10.3. The van der Waals surface area contributed by atoms with Gasteiger partial charge in [-0.1, -0.05) is 13.8 Å². The molecule has 0 aliphatic carbocycles. The quantitative estimate of drug-likeness (QED) is 0.523. The first-order valence-corrected chi connectivity index (χ1v) is 3.65. The van der Waals surface area contributed by atoms with Crippen LogP contribution in [0.3, 0.4) is 0 Å². The summed E-state index contributed by atoms with van der Waals surface area (Å²) in [7, 11) is 2.02. The zero-order chi connectivity index (χ0) is 7.28. The Bertz CT molecular complexity index is 57.9. The molecule has 0 saturated carbocycles. The van der Waals surface area contributed by atoms with Gasteiger partial charge in [-0.25, -0.2) is 0 Å². The topological polar surface area (TPSA) is 23.5 Å². The maximum atomic E-state index is 8.86. The van der Waals surface area contributed by atoms with Gasteiger partial charge in [0.15, 0.2) is 0 Å². The highest BCUT2D eigenvalue weighted by atomic mass is 16.3. The maximum Gasteiger partial charge on any atom is 0.0679 e. The van der Waals surface area contributed by atoms with Crippen molar-refractivity contribution in [2.45, 2.75) is 26.4 Å². The lowest BCUT2D eigenvalue weighted by molar-refractivity contribution is 0.183. The van der Waals surface area contributed by atoms with Gasteiger partial charge < -0.3 is 10.0 Å². The number of nitrogens with zero attached hydrogens (tertiary/aromatic N) is 1. The average molecular weight is 131 g/mol. The summed E-state index contributed by atoms with van der Waals surface area (Å²) in [6.07, 6.45) is 0.904. The van der Waals surface area contributed by atoms with Gasteiger partial charge in [0.25, 0.3) is 0 Å². The van der Waals surface area contributed by atoms with Crippen LogP contribution in [0, 0.1) is 0 Å². The van der Waals surface area contributed by atoms with Crippen molar-refractivity contribution in [2.75, 3.05) is 20.1 Å². The Morgan fingerprint density at radius 2 is 2.00 bits per heavy atom. The van der Waals surface area contributed by atoms with Crippen molar-refractivity contribution in [3.63, 3.8) is 0 Å². The maximum absolute atomic E-state index is 8.86. The van der Waals surface area contributed by atoms with E-state index >= 15 is 0 Å². The van der Waals surface area contributed by atoms with Gasteiger partial charge in [0, 0.05) is 13.1 Å². The van der Waals surface area contributed by atoms with Gasteiger partial charge in [0.05, 0.1) is 6.10 Å². The predicted molar refractivity (Wildman–Crippen MR) is 39.5 cm³/mol. The molecule has 1 N–H and O–H groups in total. The Morgan fingerprint density at radius 1 is 1.44 bits per heavy atom. The Morgan fingerprint density at radius 3 is 2.11 bits per heavy atom. The average Bonchev–Trinajstić information content (AvgIpc) is 2.20. The van der Waals surface area contributed by atoms with E-state index in [9.17, 15) is 0 Å². The normalized spacial score (nSPS) is 27.3. The van der Waals surface area contributed by atoms with Crippen LogP contribution in [0.4, 0.5) is 0 Å². The van der Waals surface area contributed by atoms with E-state index in [1.807, 2.05) is 20.9 Å². The first-order chi connectivity index (χ1) is 4.29. The van der Waals surface area contributed by atoms with Crippen LogP contribution in [0.15, 0.2) is 0 Å². The van der Waals surface area contributed by atoms with Crippen LogP contribution >= 0.6 is 0 Å². The van der Waals surface area contributed by atoms with Gasteiger partial charge in [0.2, 0.25) is 0 Å². The number of likely N-dealkylation sites (N-methyl/N-ethyl adjacent to an activating group) is 1. The highest BCUT2D eigenvalue weighted by Gasteiger charge is 2.14. The van der Waals surface area contributed by atoms with Crippen molar-refractivity contribution in [3.8, 4) is 0 Å². The Balaban J connectivity index is 0.000000291. The summed E-state index contributed by atoms with van der Waals surface area (Å²) in [5.74, 6) is 0. The molecular weight excluding hydrogens is 114 g/mol. The van der Waals surface area contributed by atoms with Gasteiger partial charge >= 0.3 is 0 Å². The molecule has 2 nitrogen and oxygen atoms in total. The van der Waals surface area contributed by atoms with Crippen LogP contribution in [0.1, 0.15) is 20.3 Å². The number of hydrogen-bond acceptors (Lipinski definition) is 2. The third kappa shape index (κ3) is 3.49. The van der Waals surface area contributed by atoms with Gasteiger partial charge in [0.1, 0.15) is 0 Å². The predicted octanol–water partition coefficient (Wildman–Crippen LogP) is 0.709. The molecule has 0 amide bonds. The van der Waals surface area contributed by atoms with Crippen LogP contribution in [0.2, 0.25) is 0 Å². The summed E-state index contributed by atoms with van der Waals surface area (Å²) in [5.41, 5.74) is 0. The van der Waals surface area contributed by atoms with E-state index in [-0.39, 0.29) is 6.10 Å². The monoisotopic (exact) mass is 131 g/mol. The van der Waals surface area contributed by atoms with Crippen molar-refractivity contribution >= 4 is 0 Å². The molecule has 9 heavy (non-hydrogen) atoms. The zero-order valence-corrected chi connectivity index (χ0v) is 6.59. The lowest BCUT2D eigenvalue weighted by Crippen LogP contribution is -2.15. The second-order valence-electron chi connectivity index (χ2n) is 2.20. The van der Waals surface area contributed by atoms with E-state index in [1.54, 1.807) is 0 Å². The highest BCUT2D eigenvalue weighted by Crippen LogP contribution is 2.03. The third-order valence-electron chi connectivity index (χ3n) is 1.37. The van der Waals surface area contributed by atoms with Crippen molar-refractivity contribution < 1.29 is 5.11 Å². The molecule has 1 aliphatic heterocycles. The number of β-amino-alcohol motifs (C(OH)–C–C–N with tert-alkyl or cyclic N) is 1. The summed E-state index contributed by atoms with van der Waals surface area (Å²) in [6.45, 7) is 5.92. The molecule has 0 aromatic rings. The van der Waals surface area contributed by atoms with E-state index < -0.39 is 0 Å². The SMILES string of the molecule is CC.CN1CCC(O)C1. The van der Waals surface area contributed by atoms with Crippen molar-refractivity contribution in [1.82, 2.24) is 4.90 Å². The number of hydrogen-bond donors (Lipinski definition) is 1. The lowest BCUT2D eigenvalue weighted by Gasteiger charge is -2.02. The molecule has 1 rings (SSSR count). The molecule has 1 heterocycles. The van der Waals surface area contributed by atoms with E-state index in [0.717, 1.165) is 19.5 Å². The van der Waals surface area contributed by atoms with Crippen LogP contribution in [-0.2, 0) is 0 Å². The van der Waals surface area contributed by atoms with E-state index in [4.69, 9.17) is 5.11 Å². The van der Waals surface area contributed by atoms with Crippen LogP contribution in [-0.4, -0.2) is 36.2 Å². The van der Waals surface area contributed by atoms with Crippen molar-refractivity contribution in [2.24, 2.45) is 0 Å². The number of aliphatic hydroxyl groups is 1. The molecule has 1 saturated heterocycles. The molecule has 0 spiro atoms. The van der Waals surface area contributed by atoms with Gasteiger partial charge in [-0.3, -0.25) is 0 Å². The molecule has 56 valence electrons. The fourth-order valence-corrected chi connectivity index (χ4v) is 0.912. The largest absolute Gasteiger partial charge is 0.392 e. The second-order valence-corrected chi connectivity index (χ2v) is 2.20. The van der Waals surface area contributed by atoms with Crippen molar-refractivity contribution in [1.29, 1.82) is 0 Å². The molecule has 1 aliphatic rings. The van der Waals surface area contributed by atoms with Crippen LogP contribution in [0.5, 0.6) is 0 Å². The molecular formula is C7H17NO. The summed E-state index contributed by atoms with van der Waals surface area (Å²) >= 11 is 0. The van der Waals surface area contributed by atoms with Gasteiger partial charge in [-0.15, -0.1) is 0 Å². The summed E-state index contributed by atoms with van der Waals surface area (Å²) < 4.78 is 0. The Labute approximate surface area is 57.5 Å². The smallest absolute Gasteiger partial charge is 0.0679 e. The molecule has 0 aromatic heterocycles. The zero-order valence-electron chi connectivity index (χ0n) is 6.59. The molecule has 1 atom stereocenters. The number of likely N-dealkylation sites (tertiary alicyclic amines) is 1.